The summed E-state index contributed by atoms with van der Waals surface area (Å²) >= 11 is 0. The van der Waals surface area contributed by atoms with Crippen molar-refractivity contribution in [3.8, 4) is 0 Å². The first-order valence-corrected chi connectivity index (χ1v) is 5.96. The van der Waals surface area contributed by atoms with Crippen LogP contribution in [0.4, 0.5) is 4.39 Å². The van der Waals surface area contributed by atoms with Gasteiger partial charge in [0, 0.05) is 5.39 Å². The van der Waals surface area contributed by atoms with Crippen LogP contribution < -0.4 is 0 Å². The van der Waals surface area contributed by atoms with Gasteiger partial charge in [0.25, 0.3) is 0 Å². The summed E-state index contributed by atoms with van der Waals surface area (Å²) in [7, 11) is 0. The first-order valence-electron chi connectivity index (χ1n) is 5.96. The lowest BCUT2D eigenvalue weighted by atomic mass is 9.91. The molecule has 0 saturated carbocycles. The summed E-state index contributed by atoms with van der Waals surface area (Å²) < 4.78 is 18.4. The maximum Gasteiger partial charge on any atom is 0.229 e. The van der Waals surface area contributed by atoms with Gasteiger partial charge in [0.15, 0.2) is 5.76 Å². The summed E-state index contributed by atoms with van der Waals surface area (Å²) in [6.45, 7) is 3.48. The SMILES string of the molecule is CCC(O)(CC)C(=O)c1cc2cc(F)ccc2o1. The normalized spacial score (nSPS) is 12.0. The molecular formula is C14H15FO3. The van der Waals surface area contributed by atoms with Crippen molar-refractivity contribution < 1.29 is 18.7 Å². The molecule has 1 aromatic heterocycles. The molecule has 1 N–H and O–H groups in total. The number of hydrogen-bond acceptors (Lipinski definition) is 3. The number of halogens is 1. The minimum absolute atomic E-state index is 0.0711. The minimum atomic E-state index is -1.41. The fourth-order valence-corrected chi connectivity index (χ4v) is 1.93. The molecule has 96 valence electrons. The Kier molecular flexibility index (Phi) is 3.22. The summed E-state index contributed by atoms with van der Waals surface area (Å²) in [5.41, 5.74) is -0.971. The van der Waals surface area contributed by atoms with Crippen molar-refractivity contribution in [3.63, 3.8) is 0 Å². The lowest BCUT2D eigenvalue weighted by molar-refractivity contribution is 0.0253. The predicted octanol–water partition coefficient (Wildman–Crippen LogP) is 3.31. The summed E-state index contributed by atoms with van der Waals surface area (Å²) in [5, 5.41) is 10.7. The van der Waals surface area contributed by atoms with Crippen LogP contribution in [-0.4, -0.2) is 16.5 Å². The highest BCUT2D eigenvalue weighted by molar-refractivity contribution is 6.02. The smallest absolute Gasteiger partial charge is 0.229 e. The van der Waals surface area contributed by atoms with Crippen LogP contribution in [0.25, 0.3) is 11.0 Å². The van der Waals surface area contributed by atoms with E-state index < -0.39 is 11.4 Å². The van der Waals surface area contributed by atoms with Crippen LogP contribution in [0.2, 0.25) is 0 Å². The Balaban J connectivity index is 2.45. The molecule has 0 saturated heterocycles. The molecule has 1 heterocycles. The largest absolute Gasteiger partial charge is 0.453 e. The monoisotopic (exact) mass is 250 g/mol. The number of fused-ring (bicyclic) bond motifs is 1. The Morgan fingerprint density at radius 1 is 1.33 bits per heavy atom. The van der Waals surface area contributed by atoms with E-state index >= 15 is 0 Å². The lowest BCUT2D eigenvalue weighted by Gasteiger charge is -2.21. The molecule has 18 heavy (non-hydrogen) atoms. The number of hydrogen-bond donors (Lipinski definition) is 1. The highest BCUT2D eigenvalue weighted by atomic mass is 19.1. The molecule has 3 nitrogen and oxygen atoms in total. The van der Waals surface area contributed by atoms with E-state index in [1.165, 1.54) is 24.3 Å². The van der Waals surface area contributed by atoms with E-state index in [1.807, 2.05) is 0 Å². The second kappa shape index (κ2) is 4.53. The number of carbonyl (C=O) groups is 1. The molecule has 0 amide bonds. The molecule has 0 unspecified atom stereocenters. The quantitative estimate of drug-likeness (QED) is 0.847. The number of rotatable bonds is 4. The summed E-state index contributed by atoms with van der Waals surface area (Å²) in [6.07, 6.45) is 0.626. The Hall–Kier alpha value is -1.68. The summed E-state index contributed by atoms with van der Waals surface area (Å²) in [4.78, 5) is 12.1. The number of benzene rings is 1. The zero-order valence-electron chi connectivity index (χ0n) is 10.4. The number of ketones is 1. The van der Waals surface area contributed by atoms with Crippen molar-refractivity contribution in [2.24, 2.45) is 0 Å². The first kappa shape index (κ1) is 12.8. The lowest BCUT2D eigenvalue weighted by Crippen LogP contribution is -2.36. The Morgan fingerprint density at radius 3 is 2.61 bits per heavy atom. The van der Waals surface area contributed by atoms with Gasteiger partial charge in [-0.25, -0.2) is 4.39 Å². The van der Waals surface area contributed by atoms with E-state index in [0.29, 0.717) is 23.8 Å². The molecule has 0 bridgehead atoms. The van der Waals surface area contributed by atoms with Crippen LogP contribution in [0, 0.1) is 5.82 Å². The van der Waals surface area contributed by atoms with Crippen LogP contribution in [0.3, 0.4) is 0 Å². The van der Waals surface area contributed by atoms with Gasteiger partial charge in [0.2, 0.25) is 5.78 Å². The molecule has 0 spiro atoms. The van der Waals surface area contributed by atoms with Crippen molar-refractivity contribution in [3.05, 3.63) is 35.8 Å². The summed E-state index contributed by atoms with van der Waals surface area (Å²) in [5.74, 6) is -0.769. The van der Waals surface area contributed by atoms with Crippen LogP contribution >= 0.6 is 0 Å². The van der Waals surface area contributed by atoms with E-state index in [9.17, 15) is 14.3 Å². The van der Waals surface area contributed by atoms with E-state index in [-0.39, 0.29) is 11.6 Å². The average Bonchev–Trinajstić information content (AvgIpc) is 2.79. The third-order valence-corrected chi connectivity index (χ3v) is 3.29. The van der Waals surface area contributed by atoms with E-state index in [4.69, 9.17) is 4.42 Å². The zero-order valence-corrected chi connectivity index (χ0v) is 10.4. The Labute approximate surface area is 104 Å². The molecular weight excluding hydrogens is 235 g/mol. The van der Waals surface area contributed by atoms with Crippen LogP contribution in [0.15, 0.2) is 28.7 Å². The Bertz CT molecular complexity index is 582. The van der Waals surface area contributed by atoms with Gasteiger partial charge in [-0.2, -0.15) is 0 Å². The fraction of sp³-hybridized carbons (Fsp3) is 0.357. The van der Waals surface area contributed by atoms with Gasteiger partial charge in [-0.1, -0.05) is 13.8 Å². The van der Waals surface area contributed by atoms with Gasteiger partial charge in [0.05, 0.1) is 0 Å². The number of Topliss-reactive ketones (excluding diaryl/α,β-unsaturated/α-hetero) is 1. The standard InChI is InChI=1S/C14H15FO3/c1-3-14(17,4-2)13(16)12-8-9-7-10(15)5-6-11(9)18-12/h5-8,17H,3-4H2,1-2H3. The van der Waals surface area contributed by atoms with Crippen molar-refractivity contribution in [1.82, 2.24) is 0 Å². The van der Waals surface area contributed by atoms with E-state index in [2.05, 4.69) is 0 Å². The van der Waals surface area contributed by atoms with Crippen LogP contribution in [0.5, 0.6) is 0 Å². The molecule has 0 fully saturated rings. The van der Waals surface area contributed by atoms with E-state index in [1.54, 1.807) is 13.8 Å². The van der Waals surface area contributed by atoms with Gasteiger partial charge >= 0.3 is 0 Å². The maximum atomic E-state index is 13.0. The maximum absolute atomic E-state index is 13.0. The molecule has 0 aliphatic carbocycles. The van der Waals surface area contributed by atoms with Gasteiger partial charge in [-0.15, -0.1) is 0 Å². The fourth-order valence-electron chi connectivity index (χ4n) is 1.93. The van der Waals surface area contributed by atoms with Crippen LogP contribution in [-0.2, 0) is 0 Å². The van der Waals surface area contributed by atoms with Crippen LogP contribution in [0.1, 0.15) is 37.2 Å². The third-order valence-electron chi connectivity index (χ3n) is 3.29. The predicted molar refractivity (Wildman–Crippen MR) is 66.0 cm³/mol. The topological polar surface area (TPSA) is 50.4 Å². The van der Waals surface area contributed by atoms with Crippen molar-refractivity contribution in [1.29, 1.82) is 0 Å². The highest BCUT2D eigenvalue weighted by Gasteiger charge is 2.34. The molecule has 1 aromatic carbocycles. The third kappa shape index (κ3) is 2.04. The molecule has 4 heteroatoms. The molecule has 0 aliphatic rings. The van der Waals surface area contributed by atoms with Crippen molar-refractivity contribution in [2.75, 3.05) is 0 Å². The van der Waals surface area contributed by atoms with Gasteiger partial charge in [0.1, 0.15) is 17.0 Å². The molecule has 0 radical (unpaired) electrons. The highest BCUT2D eigenvalue weighted by Crippen LogP contribution is 2.26. The average molecular weight is 250 g/mol. The second-order valence-electron chi connectivity index (χ2n) is 4.36. The molecule has 2 aromatic rings. The number of furan rings is 1. The Morgan fingerprint density at radius 2 is 2.00 bits per heavy atom. The minimum Gasteiger partial charge on any atom is -0.453 e. The molecule has 0 atom stereocenters. The number of aliphatic hydroxyl groups is 1. The first-order chi connectivity index (χ1) is 8.50. The van der Waals surface area contributed by atoms with E-state index in [0.717, 1.165) is 0 Å². The van der Waals surface area contributed by atoms with Gasteiger partial charge in [-0.3, -0.25) is 4.79 Å². The van der Waals surface area contributed by atoms with Crippen molar-refractivity contribution >= 4 is 16.8 Å². The van der Waals surface area contributed by atoms with Crippen molar-refractivity contribution in [2.45, 2.75) is 32.3 Å². The summed E-state index contributed by atoms with van der Waals surface area (Å²) in [6, 6.07) is 5.51. The second-order valence-corrected chi connectivity index (χ2v) is 4.36. The molecule has 0 aliphatic heterocycles. The molecule has 2 rings (SSSR count). The van der Waals surface area contributed by atoms with Gasteiger partial charge < -0.3 is 9.52 Å². The number of carbonyl (C=O) groups excluding carboxylic acids is 1. The zero-order chi connectivity index (χ0) is 13.3. The van der Waals surface area contributed by atoms with Gasteiger partial charge in [-0.05, 0) is 37.1 Å².